The molecule has 0 aromatic heterocycles. The molecule has 228 valence electrons. The van der Waals surface area contributed by atoms with Gasteiger partial charge in [-0.2, -0.15) is 0 Å². The van der Waals surface area contributed by atoms with Gasteiger partial charge in [0, 0.05) is 31.9 Å². The van der Waals surface area contributed by atoms with Gasteiger partial charge in [0.15, 0.2) is 11.5 Å². The predicted molar refractivity (Wildman–Crippen MR) is 176 cm³/mol. The molecular formula is C32H30IN3O7S. The van der Waals surface area contributed by atoms with Crippen LogP contribution in [0.15, 0.2) is 71.6 Å². The lowest BCUT2D eigenvalue weighted by molar-refractivity contribution is -0.136. The van der Waals surface area contributed by atoms with Crippen LogP contribution >= 0.6 is 34.4 Å². The first-order valence-corrected chi connectivity index (χ1v) is 15.9. The number of carbonyl (C=O) groups is 4. The summed E-state index contributed by atoms with van der Waals surface area (Å²) < 4.78 is 12.6. The summed E-state index contributed by atoms with van der Waals surface area (Å²) in [4.78, 5) is 55.3. The SMILES string of the molecule is CCOc1cc(/C=C2/SC(=O)N(CC(=O)N3CCN(c4ccccc4)CC3)C2=O)cc(I)c1OCc1ccc(C(=O)O)cc1. The number of benzene rings is 3. The summed E-state index contributed by atoms with van der Waals surface area (Å²) in [6, 6.07) is 20.0. The highest BCUT2D eigenvalue weighted by Crippen LogP contribution is 2.38. The minimum Gasteiger partial charge on any atom is -0.490 e. The van der Waals surface area contributed by atoms with Crippen LogP contribution in [0.3, 0.4) is 0 Å². The number of thioether (sulfide) groups is 1. The van der Waals surface area contributed by atoms with E-state index >= 15 is 0 Å². The van der Waals surface area contributed by atoms with E-state index in [9.17, 15) is 19.2 Å². The molecule has 3 aromatic rings. The molecule has 0 bridgehead atoms. The molecule has 5 rings (SSSR count). The van der Waals surface area contributed by atoms with Crippen LogP contribution in [-0.2, 0) is 16.2 Å². The Balaban J connectivity index is 1.23. The van der Waals surface area contributed by atoms with Crippen LogP contribution < -0.4 is 14.4 Å². The molecule has 0 atom stereocenters. The van der Waals surface area contributed by atoms with Crippen molar-refractivity contribution >= 4 is 69.1 Å². The number of imide groups is 1. The molecule has 2 aliphatic rings. The maximum Gasteiger partial charge on any atom is 0.335 e. The van der Waals surface area contributed by atoms with E-state index in [0.29, 0.717) is 49.8 Å². The van der Waals surface area contributed by atoms with E-state index in [1.165, 1.54) is 12.1 Å². The first kappa shape index (κ1) is 31.4. The molecular weight excluding hydrogens is 697 g/mol. The molecule has 1 N–H and O–H groups in total. The number of piperazine rings is 1. The first-order valence-electron chi connectivity index (χ1n) is 14.0. The highest BCUT2D eigenvalue weighted by Gasteiger charge is 2.37. The van der Waals surface area contributed by atoms with Crippen molar-refractivity contribution in [2.24, 2.45) is 0 Å². The van der Waals surface area contributed by atoms with Crippen LogP contribution in [0, 0.1) is 3.57 Å². The van der Waals surface area contributed by atoms with Gasteiger partial charge in [-0.15, -0.1) is 0 Å². The number of rotatable bonds is 10. The van der Waals surface area contributed by atoms with Crippen molar-refractivity contribution in [2.75, 3.05) is 44.2 Å². The Morgan fingerprint density at radius 3 is 2.34 bits per heavy atom. The van der Waals surface area contributed by atoms with Crippen LogP contribution in [0.25, 0.3) is 6.08 Å². The lowest BCUT2D eigenvalue weighted by Crippen LogP contribution is -2.51. The zero-order valence-electron chi connectivity index (χ0n) is 23.9. The second-order valence-corrected chi connectivity index (χ2v) is 12.2. The fourth-order valence-electron chi connectivity index (χ4n) is 4.85. The van der Waals surface area contributed by atoms with Gasteiger partial charge in [0.2, 0.25) is 5.91 Å². The van der Waals surface area contributed by atoms with Gasteiger partial charge in [-0.3, -0.25) is 19.3 Å². The van der Waals surface area contributed by atoms with E-state index in [4.69, 9.17) is 14.6 Å². The molecule has 0 unspecified atom stereocenters. The summed E-state index contributed by atoms with van der Waals surface area (Å²) in [6.07, 6.45) is 1.62. The fourth-order valence-corrected chi connectivity index (χ4v) is 6.47. The van der Waals surface area contributed by atoms with Crippen molar-refractivity contribution < 1.29 is 33.8 Å². The summed E-state index contributed by atoms with van der Waals surface area (Å²) in [6.45, 7) is 4.50. The van der Waals surface area contributed by atoms with Crippen molar-refractivity contribution in [3.8, 4) is 11.5 Å². The second-order valence-electron chi connectivity index (χ2n) is 10.0. The Bertz CT molecular complexity index is 1590. The standard InChI is InChI=1S/C32H30IN3O7S/c1-2-42-26-17-22(16-25(33)29(26)43-20-21-8-10-23(11-9-21)31(39)40)18-27-30(38)36(32(41)44-27)19-28(37)35-14-12-34(13-15-35)24-6-4-3-5-7-24/h3-11,16-18H,2,12-15,19-20H2,1H3,(H,39,40)/b27-18+. The van der Waals surface area contributed by atoms with Gasteiger partial charge in [-0.25, -0.2) is 4.79 Å². The largest absolute Gasteiger partial charge is 0.490 e. The zero-order valence-corrected chi connectivity index (χ0v) is 26.9. The number of carboxylic acid groups (broad SMARTS) is 1. The number of hydrogen-bond donors (Lipinski definition) is 1. The highest BCUT2D eigenvalue weighted by molar-refractivity contribution is 14.1. The third-order valence-electron chi connectivity index (χ3n) is 7.13. The molecule has 3 aromatic carbocycles. The van der Waals surface area contributed by atoms with Crippen LogP contribution in [0.1, 0.15) is 28.4 Å². The van der Waals surface area contributed by atoms with Gasteiger partial charge >= 0.3 is 5.97 Å². The molecule has 0 spiro atoms. The van der Waals surface area contributed by atoms with Crippen molar-refractivity contribution in [3.63, 3.8) is 0 Å². The molecule has 0 aliphatic carbocycles. The number of nitrogens with zero attached hydrogens (tertiary/aromatic N) is 3. The zero-order chi connectivity index (χ0) is 31.2. The number of anilines is 1. The summed E-state index contributed by atoms with van der Waals surface area (Å²) in [7, 11) is 0. The molecule has 3 amide bonds. The Labute approximate surface area is 272 Å². The Kier molecular flexibility index (Phi) is 10.1. The minimum atomic E-state index is -0.997. The van der Waals surface area contributed by atoms with E-state index in [1.807, 2.05) is 43.3 Å². The number of carboxylic acids is 1. The maximum absolute atomic E-state index is 13.2. The van der Waals surface area contributed by atoms with E-state index in [-0.39, 0.29) is 29.5 Å². The predicted octanol–water partition coefficient (Wildman–Crippen LogP) is 5.35. The Morgan fingerprint density at radius 1 is 0.977 bits per heavy atom. The summed E-state index contributed by atoms with van der Waals surface area (Å²) in [5.74, 6) is -0.777. The number of hydrogen-bond acceptors (Lipinski definition) is 8. The number of halogens is 1. The molecule has 44 heavy (non-hydrogen) atoms. The van der Waals surface area contributed by atoms with E-state index in [1.54, 1.807) is 29.2 Å². The third-order valence-corrected chi connectivity index (χ3v) is 8.84. The van der Waals surface area contributed by atoms with E-state index < -0.39 is 17.1 Å². The molecule has 2 heterocycles. The molecule has 10 nitrogen and oxygen atoms in total. The Hall–Kier alpha value is -4.04. The third kappa shape index (κ3) is 7.36. The van der Waals surface area contributed by atoms with E-state index in [0.717, 1.165) is 31.5 Å². The maximum atomic E-state index is 13.2. The van der Waals surface area contributed by atoms with Crippen molar-refractivity contribution in [1.29, 1.82) is 0 Å². The summed E-state index contributed by atoms with van der Waals surface area (Å²) >= 11 is 2.93. The molecule has 0 saturated carbocycles. The van der Waals surface area contributed by atoms with Crippen molar-refractivity contribution in [3.05, 3.63) is 91.9 Å². The number of aromatic carboxylic acids is 1. The summed E-state index contributed by atoms with van der Waals surface area (Å²) in [5, 5.41) is 8.63. The fraction of sp³-hybridized carbons (Fsp3) is 0.250. The average Bonchev–Trinajstić information content (AvgIpc) is 3.28. The van der Waals surface area contributed by atoms with Gasteiger partial charge in [0.1, 0.15) is 13.2 Å². The normalized spacial score (nSPS) is 16.0. The van der Waals surface area contributed by atoms with Crippen LogP contribution in [-0.4, -0.2) is 77.3 Å². The number of para-hydroxylation sites is 1. The van der Waals surface area contributed by atoms with Crippen LogP contribution in [0.2, 0.25) is 0 Å². The molecule has 2 saturated heterocycles. The summed E-state index contributed by atoms with van der Waals surface area (Å²) in [5.41, 5.74) is 2.73. The van der Waals surface area contributed by atoms with Crippen molar-refractivity contribution in [2.45, 2.75) is 13.5 Å². The minimum absolute atomic E-state index is 0.193. The van der Waals surface area contributed by atoms with Gasteiger partial charge < -0.3 is 24.4 Å². The monoisotopic (exact) mass is 727 g/mol. The van der Waals surface area contributed by atoms with Crippen LogP contribution in [0.5, 0.6) is 11.5 Å². The highest BCUT2D eigenvalue weighted by atomic mass is 127. The van der Waals surface area contributed by atoms with Crippen molar-refractivity contribution in [1.82, 2.24) is 9.80 Å². The van der Waals surface area contributed by atoms with Gasteiger partial charge in [-0.1, -0.05) is 30.3 Å². The lowest BCUT2D eigenvalue weighted by atomic mass is 10.1. The number of amides is 3. The second kappa shape index (κ2) is 14.2. The molecule has 2 fully saturated rings. The van der Waals surface area contributed by atoms with Crippen LogP contribution in [0.4, 0.5) is 10.5 Å². The molecule has 2 aliphatic heterocycles. The number of carbonyl (C=O) groups excluding carboxylic acids is 3. The Morgan fingerprint density at radius 2 is 1.68 bits per heavy atom. The number of ether oxygens (including phenoxy) is 2. The van der Waals surface area contributed by atoms with Gasteiger partial charge in [-0.05, 0) is 94.9 Å². The average molecular weight is 728 g/mol. The molecule has 12 heteroatoms. The topological polar surface area (TPSA) is 117 Å². The quantitative estimate of drug-likeness (QED) is 0.218. The lowest BCUT2D eigenvalue weighted by Gasteiger charge is -2.36. The smallest absolute Gasteiger partial charge is 0.335 e. The van der Waals surface area contributed by atoms with Gasteiger partial charge in [0.05, 0.1) is 20.6 Å². The molecule has 0 radical (unpaired) electrons. The first-order chi connectivity index (χ1) is 21.2. The van der Waals surface area contributed by atoms with Gasteiger partial charge in [0.25, 0.3) is 11.1 Å². The van der Waals surface area contributed by atoms with E-state index in [2.05, 4.69) is 27.5 Å².